The van der Waals surface area contributed by atoms with Crippen LogP contribution in [0.25, 0.3) is 0 Å². The molecule has 0 aromatic heterocycles. The van der Waals surface area contributed by atoms with Crippen LogP contribution in [0, 0.1) is 0 Å². The number of ether oxygens (including phenoxy) is 3. The van der Waals surface area contributed by atoms with Crippen LogP contribution in [0.5, 0.6) is 17.2 Å². The lowest BCUT2D eigenvalue weighted by atomic mass is 9.84. The van der Waals surface area contributed by atoms with Gasteiger partial charge in [-0.05, 0) is 29.3 Å². The van der Waals surface area contributed by atoms with Gasteiger partial charge < -0.3 is 19.5 Å². The molecule has 1 unspecified atom stereocenters. The van der Waals surface area contributed by atoms with E-state index in [4.69, 9.17) is 4.74 Å². The molecule has 24 heavy (non-hydrogen) atoms. The summed E-state index contributed by atoms with van der Waals surface area (Å²) in [5.41, 5.74) is 2.05. The summed E-state index contributed by atoms with van der Waals surface area (Å²) in [6.07, 6.45) is -3.47. The zero-order valence-corrected chi connectivity index (χ0v) is 12.6. The van der Waals surface area contributed by atoms with E-state index < -0.39 is 6.29 Å². The number of carbonyl (C=O) groups is 1. The van der Waals surface area contributed by atoms with Crippen molar-refractivity contribution in [1.29, 1.82) is 0 Å². The van der Waals surface area contributed by atoms with E-state index >= 15 is 0 Å². The molecule has 0 bridgehead atoms. The molecule has 2 aromatic carbocycles. The zero-order chi connectivity index (χ0) is 16.9. The summed E-state index contributed by atoms with van der Waals surface area (Å²) in [6.45, 7) is 0. The number of nitrogens with one attached hydrogen (secondary N) is 1. The van der Waals surface area contributed by atoms with Gasteiger partial charge in [0.15, 0.2) is 11.5 Å². The first-order valence-electron chi connectivity index (χ1n) is 7.33. The number of amides is 1. The fourth-order valence-corrected chi connectivity index (χ4v) is 3.04. The zero-order valence-electron chi connectivity index (χ0n) is 12.6. The summed E-state index contributed by atoms with van der Waals surface area (Å²) in [5.74, 6) is 0.129. The second kappa shape index (κ2) is 5.09. The smallest absolute Gasteiger partial charge is 0.497 e. The van der Waals surface area contributed by atoms with Crippen LogP contribution in [-0.2, 0) is 4.79 Å². The van der Waals surface area contributed by atoms with Gasteiger partial charge in [-0.15, -0.1) is 8.78 Å². The number of methoxy groups -OCH3 is 1. The largest absolute Gasteiger partial charge is 0.586 e. The number of benzene rings is 2. The number of rotatable bonds is 2. The molecule has 2 aliphatic heterocycles. The fraction of sp³-hybridized carbons (Fsp3) is 0.235. The lowest BCUT2D eigenvalue weighted by Gasteiger charge is -2.26. The van der Waals surface area contributed by atoms with Crippen molar-refractivity contribution in [3.05, 3.63) is 47.5 Å². The third kappa shape index (κ3) is 2.42. The molecule has 0 saturated carbocycles. The van der Waals surface area contributed by atoms with Crippen molar-refractivity contribution < 1.29 is 27.8 Å². The summed E-state index contributed by atoms with van der Waals surface area (Å²) in [7, 11) is 1.57. The summed E-state index contributed by atoms with van der Waals surface area (Å²) in [6, 6.07) is 10.2. The van der Waals surface area contributed by atoms with Crippen molar-refractivity contribution in [2.24, 2.45) is 0 Å². The van der Waals surface area contributed by atoms with Gasteiger partial charge in [-0.3, -0.25) is 4.79 Å². The SMILES string of the molecule is COc1ccc(C2CC(=O)Nc3cc4c(cc32)OC(F)(F)O4)cc1. The first kappa shape index (κ1) is 14.7. The van der Waals surface area contributed by atoms with Crippen LogP contribution in [0.15, 0.2) is 36.4 Å². The van der Waals surface area contributed by atoms with Gasteiger partial charge in [0.05, 0.1) is 7.11 Å². The van der Waals surface area contributed by atoms with E-state index in [0.29, 0.717) is 17.0 Å². The second-order valence-electron chi connectivity index (χ2n) is 5.63. The van der Waals surface area contributed by atoms with Gasteiger partial charge >= 0.3 is 6.29 Å². The number of hydrogen-bond donors (Lipinski definition) is 1. The van der Waals surface area contributed by atoms with Gasteiger partial charge in [0.1, 0.15) is 5.75 Å². The van der Waals surface area contributed by atoms with E-state index in [1.165, 1.54) is 12.1 Å². The monoisotopic (exact) mass is 333 g/mol. The van der Waals surface area contributed by atoms with Crippen molar-refractivity contribution >= 4 is 11.6 Å². The predicted octanol–water partition coefficient (Wildman–Crippen LogP) is 3.49. The third-order valence-corrected chi connectivity index (χ3v) is 4.13. The minimum atomic E-state index is -3.69. The van der Waals surface area contributed by atoms with Gasteiger partial charge in [0.2, 0.25) is 5.91 Å². The summed E-state index contributed by atoms with van der Waals surface area (Å²) < 4.78 is 40.6. The normalized spacial score (nSPS) is 20.3. The van der Waals surface area contributed by atoms with Crippen LogP contribution in [0.1, 0.15) is 23.5 Å². The van der Waals surface area contributed by atoms with Gasteiger partial charge in [0.25, 0.3) is 0 Å². The first-order valence-corrected chi connectivity index (χ1v) is 7.33. The standard InChI is InChI=1S/C17H13F2NO4/c1-22-10-4-2-9(3-5-10)11-7-16(21)20-13-8-15-14(6-12(11)13)23-17(18,19)24-15/h2-6,8,11H,7H2,1H3,(H,20,21). The van der Waals surface area contributed by atoms with Crippen molar-refractivity contribution in [2.45, 2.75) is 18.6 Å². The number of alkyl halides is 2. The molecule has 2 heterocycles. The molecule has 124 valence electrons. The molecule has 5 nitrogen and oxygen atoms in total. The molecule has 7 heteroatoms. The summed E-state index contributed by atoms with van der Waals surface area (Å²) in [5, 5.41) is 2.70. The molecule has 0 fully saturated rings. The maximum absolute atomic E-state index is 13.3. The fourth-order valence-electron chi connectivity index (χ4n) is 3.04. The molecular formula is C17H13F2NO4. The van der Waals surface area contributed by atoms with Crippen LogP contribution in [0.2, 0.25) is 0 Å². The van der Waals surface area contributed by atoms with Crippen molar-refractivity contribution in [1.82, 2.24) is 0 Å². The first-order chi connectivity index (χ1) is 11.4. The minimum absolute atomic E-state index is 0.0339. The summed E-state index contributed by atoms with van der Waals surface area (Å²) in [4.78, 5) is 12.0. The minimum Gasteiger partial charge on any atom is -0.497 e. The van der Waals surface area contributed by atoms with Crippen molar-refractivity contribution in [3.63, 3.8) is 0 Å². The van der Waals surface area contributed by atoms with Gasteiger partial charge in [0, 0.05) is 24.1 Å². The molecule has 0 radical (unpaired) electrons. The molecule has 1 atom stereocenters. The number of anilines is 1. The molecule has 4 rings (SSSR count). The number of carbonyl (C=O) groups excluding carboxylic acids is 1. The van der Waals surface area contributed by atoms with Crippen molar-refractivity contribution in [3.8, 4) is 17.2 Å². The Hall–Kier alpha value is -2.83. The molecule has 1 N–H and O–H groups in total. The van der Waals surface area contributed by atoms with Gasteiger partial charge in [-0.2, -0.15) is 0 Å². The van der Waals surface area contributed by atoms with Crippen LogP contribution in [0.4, 0.5) is 14.5 Å². The van der Waals surface area contributed by atoms with Crippen LogP contribution in [0.3, 0.4) is 0 Å². The average Bonchev–Trinajstić information content (AvgIpc) is 2.85. The highest BCUT2D eigenvalue weighted by atomic mass is 19.3. The van der Waals surface area contributed by atoms with Gasteiger partial charge in [-0.1, -0.05) is 12.1 Å². The average molecular weight is 333 g/mol. The molecule has 0 aliphatic carbocycles. The number of halogens is 2. The highest BCUT2D eigenvalue weighted by molar-refractivity contribution is 5.96. The number of fused-ring (bicyclic) bond motifs is 2. The third-order valence-electron chi connectivity index (χ3n) is 4.13. The van der Waals surface area contributed by atoms with Crippen LogP contribution >= 0.6 is 0 Å². The predicted molar refractivity (Wildman–Crippen MR) is 80.7 cm³/mol. The Kier molecular flexibility index (Phi) is 3.13. The Balaban J connectivity index is 1.77. The van der Waals surface area contributed by atoms with E-state index in [0.717, 1.165) is 5.56 Å². The van der Waals surface area contributed by atoms with Crippen LogP contribution in [-0.4, -0.2) is 19.3 Å². The Morgan fingerprint density at radius 2 is 1.83 bits per heavy atom. The Morgan fingerprint density at radius 3 is 2.50 bits per heavy atom. The maximum atomic E-state index is 13.3. The Bertz CT molecular complexity index is 820. The van der Waals surface area contributed by atoms with E-state index in [1.807, 2.05) is 12.1 Å². The molecule has 2 aliphatic rings. The van der Waals surface area contributed by atoms with Gasteiger partial charge in [-0.25, -0.2) is 0 Å². The topological polar surface area (TPSA) is 56.8 Å². The summed E-state index contributed by atoms with van der Waals surface area (Å²) >= 11 is 0. The lowest BCUT2D eigenvalue weighted by molar-refractivity contribution is -0.286. The molecule has 0 saturated heterocycles. The molecule has 2 aromatic rings. The molecule has 1 amide bonds. The lowest BCUT2D eigenvalue weighted by Crippen LogP contribution is -2.25. The number of hydrogen-bond acceptors (Lipinski definition) is 4. The van der Waals surface area contributed by atoms with E-state index in [9.17, 15) is 13.6 Å². The Labute approximate surface area is 136 Å². The second-order valence-corrected chi connectivity index (χ2v) is 5.63. The quantitative estimate of drug-likeness (QED) is 0.914. The van der Waals surface area contributed by atoms with Crippen LogP contribution < -0.4 is 19.5 Å². The highest BCUT2D eigenvalue weighted by Gasteiger charge is 2.44. The Morgan fingerprint density at radius 1 is 1.17 bits per heavy atom. The van der Waals surface area contributed by atoms with E-state index in [2.05, 4.69) is 14.8 Å². The molecule has 0 spiro atoms. The van der Waals surface area contributed by atoms with E-state index in [-0.39, 0.29) is 29.7 Å². The highest BCUT2D eigenvalue weighted by Crippen LogP contribution is 2.48. The maximum Gasteiger partial charge on any atom is 0.586 e. The van der Waals surface area contributed by atoms with Crippen molar-refractivity contribution in [2.75, 3.05) is 12.4 Å². The molecular weight excluding hydrogens is 320 g/mol. The van der Waals surface area contributed by atoms with E-state index in [1.54, 1.807) is 19.2 Å².